The number of methoxy groups -OCH3 is 1. The van der Waals surface area contributed by atoms with E-state index in [9.17, 15) is 0 Å². The molecule has 0 saturated heterocycles. The molecule has 0 amide bonds. The lowest BCUT2D eigenvalue weighted by atomic mass is 10.0. The number of aryl methyl sites for hydroxylation is 3. The number of benzene rings is 1. The van der Waals surface area contributed by atoms with Gasteiger partial charge in [-0.25, -0.2) is 0 Å². The van der Waals surface area contributed by atoms with Crippen molar-refractivity contribution < 1.29 is 4.74 Å². The highest BCUT2D eigenvalue weighted by atomic mass is 16.5. The normalized spacial score (nSPS) is 12.6. The molecule has 0 aromatic heterocycles. The third kappa shape index (κ3) is 3.24. The van der Waals surface area contributed by atoms with Crippen LogP contribution in [0, 0.1) is 13.8 Å². The first-order chi connectivity index (χ1) is 7.04. The number of ether oxygens (including phenoxy) is 1. The van der Waals surface area contributed by atoms with Crippen LogP contribution in [0.25, 0.3) is 0 Å². The molecule has 84 valence electrons. The van der Waals surface area contributed by atoms with Crippen molar-refractivity contribution in [3.05, 3.63) is 28.8 Å². The van der Waals surface area contributed by atoms with Gasteiger partial charge in [-0.05, 0) is 56.4 Å². The molecule has 1 atom stereocenters. The Hall–Kier alpha value is -1.02. The molecule has 0 radical (unpaired) electrons. The fourth-order valence-electron chi connectivity index (χ4n) is 1.62. The van der Waals surface area contributed by atoms with E-state index < -0.39 is 0 Å². The molecule has 0 saturated carbocycles. The maximum Gasteiger partial charge on any atom is 0.122 e. The van der Waals surface area contributed by atoms with E-state index in [-0.39, 0.29) is 6.04 Å². The van der Waals surface area contributed by atoms with Gasteiger partial charge < -0.3 is 10.5 Å². The van der Waals surface area contributed by atoms with Crippen LogP contribution in [0.1, 0.15) is 30.0 Å². The monoisotopic (exact) mass is 207 g/mol. The highest BCUT2D eigenvalue weighted by Crippen LogP contribution is 2.24. The first-order valence-electron chi connectivity index (χ1n) is 5.44. The molecule has 0 unspecified atom stereocenters. The van der Waals surface area contributed by atoms with Crippen LogP contribution in [0.15, 0.2) is 12.1 Å². The minimum Gasteiger partial charge on any atom is -0.496 e. The third-order valence-electron chi connectivity index (χ3n) is 2.77. The van der Waals surface area contributed by atoms with Gasteiger partial charge in [-0.2, -0.15) is 0 Å². The number of hydrogen-bond acceptors (Lipinski definition) is 2. The van der Waals surface area contributed by atoms with Crippen LogP contribution in [0.4, 0.5) is 0 Å². The smallest absolute Gasteiger partial charge is 0.122 e. The molecular weight excluding hydrogens is 186 g/mol. The van der Waals surface area contributed by atoms with Crippen molar-refractivity contribution in [1.29, 1.82) is 0 Å². The molecule has 0 aliphatic carbocycles. The lowest BCUT2D eigenvalue weighted by molar-refractivity contribution is 0.408. The van der Waals surface area contributed by atoms with Gasteiger partial charge in [0, 0.05) is 6.04 Å². The average Bonchev–Trinajstić information content (AvgIpc) is 2.19. The van der Waals surface area contributed by atoms with Gasteiger partial charge in [0.1, 0.15) is 5.75 Å². The van der Waals surface area contributed by atoms with Gasteiger partial charge >= 0.3 is 0 Å². The maximum absolute atomic E-state index is 5.76. The van der Waals surface area contributed by atoms with Crippen LogP contribution in [-0.4, -0.2) is 13.2 Å². The van der Waals surface area contributed by atoms with Gasteiger partial charge in [0.15, 0.2) is 0 Å². The molecule has 2 N–H and O–H groups in total. The Morgan fingerprint density at radius 2 is 1.87 bits per heavy atom. The molecule has 0 fully saturated rings. The molecular formula is C13H21NO. The summed E-state index contributed by atoms with van der Waals surface area (Å²) in [5.41, 5.74) is 9.61. The number of hydrogen-bond donors (Lipinski definition) is 1. The summed E-state index contributed by atoms with van der Waals surface area (Å²) in [5, 5.41) is 0. The molecule has 0 aliphatic rings. The van der Waals surface area contributed by atoms with Crippen molar-refractivity contribution in [2.24, 2.45) is 5.73 Å². The van der Waals surface area contributed by atoms with Gasteiger partial charge in [-0.1, -0.05) is 6.07 Å². The largest absolute Gasteiger partial charge is 0.496 e. The SMILES string of the molecule is COc1cc(C)c(C)cc1CC[C@H](C)N. The van der Waals surface area contributed by atoms with Crippen LogP contribution in [-0.2, 0) is 6.42 Å². The van der Waals surface area contributed by atoms with Crippen LogP contribution in [0.2, 0.25) is 0 Å². The summed E-state index contributed by atoms with van der Waals surface area (Å²) in [5.74, 6) is 0.985. The lowest BCUT2D eigenvalue weighted by Gasteiger charge is -2.12. The fraction of sp³-hybridized carbons (Fsp3) is 0.538. The van der Waals surface area contributed by atoms with Gasteiger partial charge in [0.25, 0.3) is 0 Å². The molecule has 0 bridgehead atoms. The topological polar surface area (TPSA) is 35.2 Å². The maximum atomic E-state index is 5.76. The van der Waals surface area contributed by atoms with Gasteiger partial charge in [-0.15, -0.1) is 0 Å². The van der Waals surface area contributed by atoms with Crippen molar-refractivity contribution in [2.75, 3.05) is 7.11 Å². The molecule has 2 nitrogen and oxygen atoms in total. The van der Waals surface area contributed by atoms with E-state index in [0.29, 0.717) is 0 Å². The Balaban J connectivity index is 2.89. The van der Waals surface area contributed by atoms with E-state index in [0.717, 1.165) is 18.6 Å². The van der Waals surface area contributed by atoms with Crippen LogP contribution in [0.5, 0.6) is 5.75 Å². The third-order valence-corrected chi connectivity index (χ3v) is 2.77. The summed E-state index contributed by atoms with van der Waals surface area (Å²) < 4.78 is 5.37. The average molecular weight is 207 g/mol. The molecule has 0 spiro atoms. The zero-order valence-electron chi connectivity index (χ0n) is 10.1. The summed E-state index contributed by atoms with van der Waals surface area (Å²) in [6.45, 7) is 6.27. The first kappa shape index (κ1) is 12.1. The predicted octanol–water partition coefficient (Wildman–Crippen LogP) is 2.59. The lowest BCUT2D eigenvalue weighted by Crippen LogP contribution is -2.15. The zero-order chi connectivity index (χ0) is 11.4. The van der Waals surface area contributed by atoms with Crippen LogP contribution in [0.3, 0.4) is 0 Å². The fourth-order valence-corrected chi connectivity index (χ4v) is 1.62. The van der Waals surface area contributed by atoms with E-state index in [1.165, 1.54) is 16.7 Å². The second-order valence-electron chi connectivity index (χ2n) is 4.26. The second kappa shape index (κ2) is 5.17. The number of rotatable bonds is 4. The van der Waals surface area contributed by atoms with Gasteiger partial charge in [0.05, 0.1) is 7.11 Å². The van der Waals surface area contributed by atoms with E-state index in [1.54, 1.807) is 7.11 Å². The molecule has 1 aromatic rings. The second-order valence-corrected chi connectivity index (χ2v) is 4.26. The summed E-state index contributed by atoms with van der Waals surface area (Å²) in [6, 6.07) is 4.55. The van der Waals surface area contributed by atoms with E-state index in [2.05, 4.69) is 26.0 Å². The van der Waals surface area contributed by atoms with Crippen LogP contribution < -0.4 is 10.5 Å². The Morgan fingerprint density at radius 3 is 2.40 bits per heavy atom. The number of nitrogens with two attached hydrogens (primary N) is 1. The predicted molar refractivity (Wildman–Crippen MR) is 64.4 cm³/mol. The highest BCUT2D eigenvalue weighted by molar-refractivity contribution is 5.41. The van der Waals surface area contributed by atoms with Gasteiger partial charge in [-0.3, -0.25) is 0 Å². The quantitative estimate of drug-likeness (QED) is 0.823. The van der Waals surface area contributed by atoms with Crippen LogP contribution >= 0.6 is 0 Å². The first-order valence-corrected chi connectivity index (χ1v) is 5.44. The molecule has 0 aliphatic heterocycles. The van der Waals surface area contributed by atoms with Crippen molar-refractivity contribution in [3.8, 4) is 5.75 Å². The standard InChI is InChI=1S/C13H21NO/c1-9-7-12(6-5-11(3)14)13(15-4)8-10(9)2/h7-8,11H,5-6,14H2,1-4H3/t11-/m0/s1. The molecule has 1 rings (SSSR count). The Kier molecular flexibility index (Phi) is 4.15. The van der Waals surface area contributed by atoms with Gasteiger partial charge in [0.2, 0.25) is 0 Å². The van der Waals surface area contributed by atoms with E-state index >= 15 is 0 Å². The summed E-state index contributed by atoms with van der Waals surface area (Å²) in [4.78, 5) is 0. The van der Waals surface area contributed by atoms with Crippen molar-refractivity contribution >= 4 is 0 Å². The molecule has 0 heterocycles. The van der Waals surface area contributed by atoms with E-state index in [4.69, 9.17) is 10.5 Å². The van der Waals surface area contributed by atoms with E-state index in [1.807, 2.05) is 6.92 Å². The Bertz CT molecular complexity index is 332. The van der Waals surface area contributed by atoms with Crippen molar-refractivity contribution in [1.82, 2.24) is 0 Å². The molecule has 2 heteroatoms. The summed E-state index contributed by atoms with van der Waals surface area (Å²) in [6.07, 6.45) is 1.99. The minimum absolute atomic E-state index is 0.247. The zero-order valence-corrected chi connectivity index (χ0v) is 10.1. The Morgan fingerprint density at radius 1 is 1.27 bits per heavy atom. The molecule has 1 aromatic carbocycles. The molecule has 15 heavy (non-hydrogen) atoms. The van der Waals surface area contributed by atoms with Crippen molar-refractivity contribution in [3.63, 3.8) is 0 Å². The minimum atomic E-state index is 0.247. The highest BCUT2D eigenvalue weighted by Gasteiger charge is 2.06. The Labute approximate surface area is 92.4 Å². The summed E-state index contributed by atoms with van der Waals surface area (Å²) >= 11 is 0. The van der Waals surface area contributed by atoms with Crippen molar-refractivity contribution in [2.45, 2.75) is 39.7 Å². The summed E-state index contributed by atoms with van der Waals surface area (Å²) in [7, 11) is 1.72.